The molecule has 1 aliphatic carbocycles. The first-order valence-electron chi connectivity index (χ1n) is 12.5. The highest BCUT2D eigenvalue weighted by atomic mass is 16.2. The Morgan fingerprint density at radius 2 is 1.97 bits per heavy atom. The van der Waals surface area contributed by atoms with E-state index in [9.17, 15) is 19.2 Å². The predicted octanol–water partition coefficient (Wildman–Crippen LogP) is 1.31. The van der Waals surface area contributed by atoms with Gasteiger partial charge in [-0.3, -0.25) is 19.2 Å². The molecule has 37 heavy (non-hydrogen) atoms. The van der Waals surface area contributed by atoms with Gasteiger partial charge in [-0.05, 0) is 56.1 Å². The van der Waals surface area contributed by atoms with E-state index < -0.39 is 11.5 Å². The van der Waals surface area contributed by atoms with Crippen LogP contribution in [0.25, 0.3) is 10.9 Å². The second-order valence-electron chi connectivity index (χ2n) is 9.66. The number of nitrogens with one attached hydrogen (secondary N) is 4. The van der Waals surface area contributed by atoms with E-state index in [1.165, 1.54) is 30.8 Å². The van der Waals surface area contributed by atoms with Crippen LogP contribution in [-0.4, -0.2) is 71.9 Å². The van der Waals surface area contributed by atoms with Crippen molar-refractivity contribution in [3.05, 3.63) is 69.8 Å². The number of rotatable bonds is 11. The fraction of sp³-hybridized carbons (Fsp3) is 0.407. The molecule has 2 atom stereocenters. The van der Waals surface area contributed by atoms with Crippen LogP contribution in [0.15, 0.2) is 47.5 Å². The van der Waals surface area contributed by atoms with Gasteiger partial charge < -0.3 is 30.4 Å². The Morgan fingerprint density at radius 1 is 1.16 bits per heavy atom. The highest BCUT2D eigenvalue weighted by Crippen LogP contribution is 2.34. The monoisotopic (exact) mass is 506 g/mol. The lowest BCUT2D eigenvalue weighted by molar-refractivity contribution is -0.119. The molecule has 4 rings (SSSR count). The van der Waals surface area contributed by atoms with Gasteiger partial charge in [0.1, 0.15) is 5.56 Å². The van der Waals surface area contributed by atoms with Crippen molar-refractivity contribution in [2.45, 2.75) is 32.4 Å². The van der Waals surface area contributed by atoms with Crippen LogP contribution in [-0.2, 0) is 11.3 Å². The number of hydrogen-bond acceptors (Lipinski definition) is 5. The van der Waals surface area contributed by atoms with Crippen molar-refractivity contribution in [1.82, 2.24) is 30.4 Å². The molecule has 1 aromatic carbocycles. The molecule has 1 aliphatic rings. The largest absolute Gasteiger partial charge is 0.361 e. The number of likely N-dealkylation sites (N-methyl/N-ethyl adjacent to an activating group) is 1. The molecule has 4 N–H and O–H groups in total. The summed E-state index contributed by atoms with van der Waals surface area (Å²) in [6.07, 6.45) is 5.19. The van der Waals surface area contributed by atoms with Crippen molar-refractivity contribution >= 4 is 28.6 Å². The van der Waals surface area contributed by atoms with Gasteiger partial charge >= 0.3 is 0 Å². The zero-order valence-corrected chi connectivity index (χ0v) is 21.5. The number of nitrogens with zero attached hydrogens (tertiary/aromatic N) is 2. The van der Waals surface area contributed by atoms with Gasteiger partial charge in [-0.25, -0.2) is 0 Å². The molecule has 0 spiro atoms. The normalized spacial score (nSPS) is 16.5. The zero-order chi connectivity index (χ0) is 26.5. The number of aromatic nitrogens is 2. The molecule has 3 amide bonds. The third-order valence-corrected chi connectivity index (χ3v) is 6.83. The second kappa shape index (κ2) is 11.4. The van der Waals surface area contributed by atoms with Gasteiger partial charge in [0.05, 0.1) is 12.1 Å². The smallest absolute Gasteiger partial charge is 0.263 e. The molecule has 10 nitrogen and oxygen atoms in total. The third-order valence-electron chi connectivity index (χ3n) is 6.83. The van der Waals surface area contributed by atoms with E-state index in [2.05, 4.69) is 25.8 Å². The lowest BCUT2D eigenvalue weighted by Crippen LogP contribution is -2.35. The van der Waals surface area contributed by atoms with Crippen LogP contribution in [0.2, 0.25) is 0 Å². The number of aromatic amines is 1. The van der Waals surface area contributed by atoms with E-state index in [0.717, 1.165) is 42.4 Å². The van der Waals surface area contributed by atoms with Gasteiger partial charge in [-0.15, -0.1) is 0 Å². The summed E-state index contributed by atoms with van der Waals surface area (Å²) in [4.78, 5) is 55.0. The molecule has 0 aliphatic heterocycles. The minimum absolute atomic E-state index is 0.0363. The first-order chi connectivity index (χ1) is 17.8. The number of hydrogen-bond donors (Lipinski definition) is 4. The Bertz CT molecular complexity index is 1360. The summed E-state index contributed by atoms with van der Waals surface area (Å²) in [6.45, 7) is 3.98. The van der Waals surface area contributed by atoms with Gasteiger partial charge in [0.15, 0.2) is 0 Å². The molecular formula is C27H34N6O4. The summed E-state index contributed by atoms with van der Waals surface area (Å²) in [7, 11) is 3.47. The lowest BCUT2D eigenvalue weighted by atomic mass is 10.1. The highest BCUT2D eigenvalue weighted by molar-refractivity contribution is 5.99. The quantitative estimate of drug-likeness (QED) is 0.312. The molecule has 0 unspecified atom stereocenters. The van der Waals surface area contributed by atoms with Gasteiger partial charge in [0.25, 0.3) is 17.4 Å². The average Bonchev–Trinajstić information content (AvgIpc) is 3.42. The SMILES string of the molecule is CNC(=O)c1cc(C(=O)N[C@@H]2C[C@H]2CCN(C)CCNC(C)=O)cn(Cc2cccc3[nH]ccc23)c1=O. The predicted molar refractivity (Wildman–Crippen MR) is 142 cm³/mol. The van der Waals surface area contributed by atoms with E-state index in [4.69, 9.17) is 0 Å². The summed E-state index contributed by atoms with van der Waals surface area (Å²) >= 11 is 0. The van der Waals surface area contributed by atoms with Crippen LogP contribution in [0, 0.1) is 5.92 Å². The first kappa shape index (κ1) is 26.2. The summed E-state index contributed by atoms with van der Waals surface area (Å²) in [5, 5.41) is 9.32. The molecule has 0 saturated heterocycles. The number of H-pyrrole nitrogens is 1. The van der Waals surface area contributed by atoms with Gasteiger partial charge in [-0.2, -0.15) is 0 Å². The Morgan fingerprint density at radius 3 is 2.73 bits per heavy atom. The maximum Gasteiger partial charge on any atom is 0.263 e. The third kappa shape index (κ3) is 6.45. The van der Waals surface area contributed by atoms with E-state index >= 15 is 0 Å². The van der Waals surface area contributed by atoms with E-state index in [1.54, 1.807) is 0 Å². The summed E-state index contributed by atoms with van der Waals surface area (Å²) < 4.78 is 1.43. The van der Waals surface area contributed by atoms with Crippen LogP contribution in [0.3, 0.4) is 0 Å². The molecule has 2 aromatic heterocycles. The Balaban J connectivity index is 1.43. The maximum absolute atomic E-state index is 13.1. The standard InChI is InChI=1S/C27H34N6O4/c1-17(34)29-10-12-32(3)11-8-18-14-24(18)31-25(35)20-13-22(26(36)28-2)27(37)33(16-20)15-19-5-4-6-23-21(19)7-9-30-23/h4-7,9,13,16,18,24,30H,8,10-12,14-15H2,1-3H3,(H,28,36)(H,29,34)(H,31,35)/t18-,24-/m1/s1. The average molecular weight is 507 g/mol. The number of pyridine rings is 1. The van der Waals surface area contributed by atoms with E-state index in [1.807, 2.05) is 37.5 Å². The minimum Gasteiger partial charge on any atom is -0.361 e. The van der Waals surface area contributed by atoms with Crippen LogP contribution < -0.4 is 21.5 Å². The summed E-state index contributed by atoms with van der Waals surface area (Å²) in [5.41, 5.74) is 1.62. The molecule has 0 radical (unpaired) electrons. The molecule has 0 bridgehead atoms. The minimum atomic E-state index is -0.528. The fourth-order valence-electron chi connectivity index (χ4n) is 4.56. The molecule has 10 heteroatoms. The summed E-state index contributed by atoms with van der Waals surface area (Å²) in [6, 6.07) is 9.16. The van der Waals surface area contributed by atoms with Gasteiger partial charge in [0.2, 0.25) is 5.91 Å². The number of carbonyl (C=O) groups excluding carboxylic acids is 3. The van der Waals surface area contributed by atoms with Crippen molar-refractivity contribution in [3.8, 4) is 0 Å². The lowest BCUT2D eigenvalue weighted by Gasteiger charge is -2.16. The van der Waals surface area contributed by atoms with Crippen LogP contribution in [0.1, 0.15) is 46.0 Å². The van der Waals surface area contributed by atoms with Gasteiger partial charge in [0, 0.05) is 56.4 Å². The second-order valence-corrected chi connectivity index (χ2v) is 9.66. The number of benzene rings is 1. The molecule has 3 aromatic rings. The number of carbonyl (C=O) groups is 3. The van der Waals surface area contributed by atoms with Crippen molar-refractivity contribution in [3.63, 3.8) is 0 Å². The maximum atomic E-state index is 13.1. The van der Waals surface area contributed by atoms with Crippen LogP contribution in [0.4, 0.5) is 0 Å². The van der Waals surface area contributed by atoms with Gasteiger partial charge in [-0.1, -0.05) is 12.1 Å². The molecular weight excluding hydrogens is 472 g/mol. The van der Waals surface area contributed by atoms with Crippen molar-refractivity contribution < 1.29 is 14.4 Å². The Kier molecular flexibility index (Phi) is 8.08. The van der Waals surface area contributed by atoms with E-state index in [-0.39, 0.29) is 35.5 Å². The Labute approximate surface area is 215 Å². The van der Waals surface area contributed by atoms with Crippen LogP contribution >= 0.6 is 0 Å². The topological polar surface area (TPSA) is 128 Å². The Hall–Kier alpha value is -3.92. The highest BCUT2D eigenvalue weighted by Gasteiger charge is 2.38. The number of fused-ring (bicyclic) bond motifs is 1. The van der Waals surface area contributed by atoms with Crippen molar-refractivity contribution in [2.24, 2.45) is 5.92 Å². The summed E-state index contributed by atoms with van der Waals surface area (Å²) in [5.74, 6) is -0.487. The number of amides is 3. The molecule has 196 valence electrons. The van der Waals surface area contributed by atoms with Crippen molar-refractivity contribution in [2.75, 3.05) is 33.7 Å². The molecule has 2 heterocycles. The fourth-order valence-corrected chi connectivity index (χ4v) is 4.56. The molecule has 1 saturated carbocycles. The molecule has 1 fully saturated rings. The first-order valence-corrected chi connectivity index (χ1v) is 12.5. The van der Waals surface area contributed by atoms with Crippen molar-refractivity contribution in [1.29, 1.82) is 0 Å². The zero-order valence-electron chi connectivity index (χ0n) is 21.5. The van der Waals surface area contributed by atoms with E-state index in [0.29, 0.717) is 12.5 Å². The van der Waals surface area contributed by atoms with Crippen LogP contribution in [0.5, 0.6) is 0 Å².